The molecule has 31 heavy (non-hydrogen) atoms. The molecule has 0 spiro atoms. The monoisotopic (exact) mass is 428 g/mol. The third kappa shape index (κ3) is 3.87. The average molecular weight is 429 g/mol. The summed E-state index contributed by atoms with van der Waals surface area (Å²) in [6.07, 6.45) is 0.675. The fraction of sp³-hybridized carbons (Fsp3) is 0.154. The summed E-state index contributed by atoms with van der Waals surface area (Å²) >= 11 is 6.03. The van der Waals surface area contributed by atoms with Gasteiger partial charge in [-0.05, 0) is 35.4 Å². The molecule has 1 amide bonds. The minimum Gasteiger partial charge on any atom is -0.356 e. The number of amides is 1. The molecule has 3 aromatic carbocycles. The van der Waals surface area contributed by atoms with Crippen LogP contribution in [0.3, 0.4) is 0 Å². The van der Waals surface area contributed by atoms with Crippen molar-refractivity contribution in [3.63, 3.8) is 0 Å². The molecular formula is C26H21ClN2O2. The molecule has 1 aliphatic heterocycles. The van der Waals surface area contributed by atoms with E-state index in [1.165, 1.54) is 0 Å². The molecule has 5 rings (SSSR count). The number of carbonyl (C=O) groups excluding carboxylic acids is 1. The molecule has 0 unspecified atom stereocenters. The Morgan fingerprint density at radius 1 is 0.903 bits per heavy atom. The first-order valence-corrected chi connectivity index (χ1v) is 10.7. The first-order chi connectivity index (χ1) is 15.2. The Balaban J connectivity index is 1.48. The van der Waals surface area contributed by atoms with Gasteiger partial charge in [0.15, 0.2) is 5.76 Å². The Kier molecular flexibility index (Phi) is 5.31. The molecule has 5 heteroatoms. The van der Waals surface area contributed by atoms with Crippen LogP contribution >= 0.6 is 11.6 Å². The van der Waals surface area contributed by atoms with Gasteiger partial charge in [-0.1, -0.05) is 77.4 Å². The zero-order chi connectivity index (χ0) is 21.2. The largest absolute Gasteiger partial charge is 0.356 e. The predicted molar refractivity (Wildman–Crippen MR) is 121 cm³/mol. The minimum absolute atomic E-state index is 0.0892. The van der Waals surface area contributed by atoms with Crippen molar-refractivity contribution in [2.75, 3.05) is 6.54 Å². The minimum atomic E-state index is -0.345. The smallest absolute Gasteiger partial charge is 0.234 e. The first-order valence-electron chi connectivity index (χ1n) is 10.3. The summed E-state index contributed by atoms with van der Waals surface area (Å²) in [6.45, 7) is 1.10. The molecular weight excluding hydrogens is 408 g/mol. The van der Waals surface area contributed by atoms with Crippen molar-refractivity contribution in [3.8, 4) is 11.3 Å². The van der Waals surface area contributed by atoms with Gasteiger partial charge in [0.05, 0.1) is 18.2 Å². The van der Waals surface area contributed by atoms with Gasteiger partial charge < -0.3 is 9.42 Å². The van der Waals surface area contributed by atoms with Gasteiger partial charge in [-0.25, -0.2) is 0 Å². The quantitative estimate of drug-likeness (QED) is 0.418. The van der Waals surface area contributed by atoms with Crippen molar-refractivity contribution in [1.29, 1.82) is 0 Å². The van der Waals surface area contributed by atoms with Crippen LogP contribution in [0.1, 0.15) is 28.3 Å². The number of rotatable bonds is 4. The number of aromatic nitrogens is 1. The molecule has 0 saturated carbocycles. The van der Waals surface area contributed by atoms with E-state index in [1.54, 1.807) is 0 Å². The van der Waals surface area contributed by atoms with Gasteiger partial charge in [0.25, 0.3) is 0 Å². The Morgan fingerprint density at radius 3 is 2.13 bits per heavy atom. The number of hydrogen-bond acceptors (Lipinski definition) is 3. The van der Waals surface area contributed by atoms with Gasteiger partial charge in [-0.15, -0.1) is 0 Å². The molecule has 0 saturated heterocycles. The Bertz CT molecular complexity index is 1150. The van der Waals surface area contributed by atoms with Gasteiger partial charge >= 0.3 is 0 Å². The normalized spacial score (nSPS) is 13.3. The van der Waals surface area contributed by atoms with Crippen LogP contribution in [-0.2, 0) is 17.8 Å². The van der Waals surface area contributed by atoms with E-state index in [9.17, 15) is 4.79 Å². The van der Waals surface area contributed by atoms with Crippen molar-refractivity contribution in [2.45, 2.75) is 18.9 Å². The number of nitrogens with zero attached hydrogens (tertiary/aromatic N) is 2. The van der Waals surface area contributed by atoms with Gasteiger partial charge in [-0.2, -0.15) is 0 Å². The molecule has 0 bridgehead atoms. The van der Waals surface area contributed by atoms with E-state index >= 15 is 0 Å². The highest BCUT2D eigenvalue weighted by Crippen LogP contribution is 2.34. The lowest BCUT2D eigenvalue weighted by molar-refractivity contribution is -0.132. The molecule has 2 heterocycles. The van der Waals surface area contributed by atoms with E-state index in [2.05, 4.69) is 5.16 Å². The molecule has 4 aromatic rings. The van der Waals surface area contributed by atoms with E-state index in [-0.39, 0.29) is 11.8 Å². The first kappa shape index (κ1) is 19.6. The zero-order valence-corrected chi connectivity index (χ0v) is 17.6. The van der Waals surface area contributed by atoms with E-state index in [4.69, 9.17) is 16.1 Å². The van der Waals surface area contributed by atoms with E-state index in [0.717, 1.165) is 27.9 Å². The lowest BCUT2D eigenvalue weighted by Gasteiger charge is -2.30. The van der Waals surface area contributed by atoms with Crippen molar-refractivity contribution in [2.24, 2.45) is 0 Å². The summed E-state index contributed by atoms with van der Waals surface area (Å²) in [5.74, 6) is 0.453. The second-order valence-electron chi connectivity index (χ2n) is 7.71. The number of carbonyl (C=O) groups is 1. The molecule has 4 nitrogen and oxygen atoms in total. The molecule has 0 fully saturated rings. The van der Waals surface area contributed by atoms with Gasteiger partial charge in [0.1, 0.15) is 0 Å². The fourth-order valence-corrected chi connectivity index (χ4v) is 4.31. The van der Waals surface area contributed by atoms with Crippen LogP contribution in [0.4, 0.5) is 0 Å². The van der Waals surface area contributed by atoms with E-state index in [0.29, 0.717) is 30.3 Å². The van der Waals surface area contributed by atoms with E-state index in [1.807, 2.05) is 89.8 Å². The molecule has 0 aliphatic carbocycles. The van der Waals surface area contributed by atoms with Crippen molar-refractivity contribution in [1.82, 2.24) is 10.1 Å². The van der Waals surface area contributed by atoms with Crippen LogP contribution in [0.25, 0.3) is 11.3 Å². The summed E-state index contributed by atoms with van der Waals surface area (Å²) in [6, 6.07) is 27.4. The standard InChI is InChI=1S/C26H21ClN2O2/c27-21-13-11-20(12-14-21)25-22-17-29(16-15-23(22)28-31-25)26(30)24(18-7-3-1-4-8-18)19-9-5-2-6-10-19/h1-14,24H,15-17H2. The van der Waals surface area contributed by atoms with Crippen LogP contribution in [-0.4, -0.2) is 22.5 Å². The molecule has 0 N–H and O–H groups in total. The Morgan fingerprint density at radius 2 is 1.52 bits per heavy atom. The van der Waals surface area contributed by atoms with Crippen LogP contribution in [0, 0.1) is 0 Å². The molecule has 0 atom stereocenters. The molecule has 1 aromatic heterocycles. The maximum atomic E-state index is 13.8. The maximum Gasteiger partial charge on any atom is 0.234 e. The number of fused-ring (bicyclic) bond motifs is 1. The fourth-order valence-electron chi connectivity index (χ4n) is 4.18. The lowest BCUT2D eigenvalue weighted by Crippen LogP contribution is -2.39. The molecule has 154 valence electrons. The highest BCUT2D eigenvalue weighted by atomic mass is 35.5. The third-order valence-electron chi connectivity index (χ3n) is 5.77. The average Bonchev–Trinajstić information content (AvgIpc) is 3.24. The van der Waals surface area contributed by atoms with Crippen molar-refractivity contribution < 1.29 is 9.32 Å². The highest BCUT2D eigenvalue weighted by Gasteiger charge is 2.32. The lowest BCUT2D eigenvalue weighted by atomic mass is 9.89. The van der Waals surface area contributed by atoms with Crippen LogP contribution in [0.2, 0.25) is 5.02 Å². The van der Waals surface area contributed by atoms with Crippen LogP contribution in [0.5, 0.6) is 0 Å². The summed E-state index contributed by atoms with van der Waals surface area (Å²) < 4.78 is 5.67. The van der Waals surface area contributed by atoms with Gasteiger partial charge in [0.2, 0.25) is 5.91 Å². The third-order valence-corrected chi connectivity index (χ3v) is 6.02. The summed E-state index contributed by atoms with van der Waals surface area (Å²) in [4.78, 5) is 15.7. The van der Waals surface area contributed by atoms with E-state index < -0.39 is 0 Å². The number of halogens is 1. The Hall–Kier alpha value is -3.37. The Labute approximate surface area is 186 Å². The zero-order valence-electron chi connectivity index (χ0n) is 16.9. The number of hydrogen-bond donors (Lipinski definition) is 0. The van der Waals surface area contributed by atoms with Crippen LogP contribution < -0.4 is 0 Å². The molecule has 0 radical (unpaired) electrons. The maximum absolute atomic E-state index is 13.8. The second-order valence-corrected chi connectivity index (χ2v) is 8.14. The summed E-state index contributed by atoms with van der Waals surface area (Å²) in [5.41, 5.74) is 4.79. The second kappa shape index (κ2) is 8.40. The van der Waals surface area contributed by atoms with Gasteiger partial charge in [0, 0.05) is 29.1 Å². The highest BCUT2D eigenvalue weighted by molar-refractivity contribution is 6.30. The SMILES string of the molecule is O=C(C(c1ccccc1)c1ccccc1)N1CCc2noc(-c3ccc(Cl)cc3)c2C1. The van der Waals surface area contributed by atoms with Gasteiger partial charge in [-0.3, -0.25) is 4.79 Å². The summed E-state index contributed by atoms with van der Waals surface area (Å²) in [5, 5.41) is 4.93. The number of benzene rings is 3. The van der Waals surface area contributed by atoms with Crippen molar-refractivity contribution >= 4 is 17.5 Å². The summed E-state index contributed by atoms with van der Waals surface area (Å²) in [7, 11) is 0. The topological polar surface area (TPSA) is 46.3 Å². The molecule has 1 aliphatic rings. The predicted octanol–water partition coefficient (Wildman–Crippen LogP) is 5.71. The van der Waals surface area contributed by atoms with Crippen molar-refractivity contribution in [3.05, 3.63) is 112 Å². The van der Waals surface area contributed by atoms with Crippen LogP contribution in [0.15, 0.2) is 89.5 Å².